The molecule has 1 aromatic carbocycles. The van der Waals surface area contributed by atoms with E-state index in [1.165, 1.54) is 16.7 Å². The highest BCUT2D eigenvalue weighted by Crippen LogP contribution is 2.28. The number of nitrogens with one attached hydrogen (secondary N) is 1. The molecule has 126 valence electrons. The SMILES string of the molecule is CCC(CC)c1cnn2c(Nc3ccc(C)cc3C)nc(C)nc12. The van der Waals surface area contributed by atoms with Crippen molar-refractivity contribution >= 4 is 17.3 Å². The van der Waals surface area contributed by atoms with Crippen LogP contribution in [0.15, 0.2) is 24.4 Å². The average Bonchev–Trinajstić information content (AvgIpc) is 2.95. The minimum Gasteiger partial charge on any atom is -0.324 e. The van der Waals surface area contributed by atoms with E-state index in [1.807, 2.05) is 17.6 Å². The molecule has 3 rings (SSSR count). The van der Waals surface area contributed by atoms with Gasteiger partial charge in [-0.2, -0.15) is 14.6 Å². The Morgan fingerprint density at radius 1 is 1.08 bits per heavy atom. The summed E-state index contributed by atoms with van der Waals surface area (Å²) >= 11 is 0. The molecule has 0 atom stereocenters. The molecular weight excluding hydrogens is 298 g/mol. The third kappa shape index (κ3) is 2.98. The van der Waals surface area contributed by atoms with Gasteiger partial charge >= 0.3 is 0 Å². The first-order chi connectivity index (χ1) is 11.5. The van der Waals surface area contributed by atoms with Crippen LogP contribution in [0.5, 0.6) is 0 Å². The Kier molecular flexibility index (Phi) is 4.51. The standard InChI is InChI=1S/C19H25N5/c1-6-15(7-2)16-11-20-24-18(16)21-14(5)22-19(24)23-17-9-8-12(3)10-13(17)4/h8-11,15H,6-7H2,1-5H3,(H,21,22,23). The molecule has 0 bridgehead atoms. The second kappa shape index (κ2) is 6.59. The summed E-state index contributed by atoms with van der Waals surface area (Å²) < 4.78 is 1.82. The van der Waals surface area contributed by atoms with Crippen LogP contribution in [0.3, 0.4) is 0 Å². The topological polar surface area (TPSA) is 55.1 Å². The van der Waals surface area contributed by atoms with E-state index in [9.17, 15) is 0 Å². The Balaban J connectivity index is 2.08. The van der Waals surface area contributed by atoms with Crippen molar-refractivity contribution in [2.24, 2.45) is 0 Å². The highest BCUT2D eigenvalue weighted by atomic mass is 15.3. The Hall–Kier alpha value is -2.43. The summed E-state index contributed by atoms with van der Waals surface area (Å²) in [6.07, 6.45) is 4.11. The number of aromatic nitrogens is 4. The lowest BCUT2D eigenvalue weighted by Crippen LogP contribution is -2.08. The van der Waals surface area contributed by atoms with Crippen LogP contribution in [-0.4, -0.2) is 19.6 Å². The van der Waals surface area contributed by atoms with Gasteiger partial charge < -0.3 is 5.32 Å². The smallest absolute Gasteiger partial charge is 0.232 e. The molecule has 5 nitrogen and oxygen atoms in total. The number of anilines is 2. The normalized spacial score (nSPS) is 11.4. The van der Waals surface area contributed by atoms with Gasteiger partial charge in [0.2, 0.25) is 5.95 Å². The van der Waals surface area contributed by atoms with Crippen molar-refractivity contribution in [2.45, 2.75) is 53.4 Å². The molecule has 1 N–H and O–H groups in total. The van der Waals surface area contributed by atoms with Crippen molar-refractivity contribution in [3.05, 3.63) is 46.9 Å². The first kappa shape index (κ1) is 16.4. The first-order valence-corrected chi connectivity index (χ1v) is 8.60. The minimum atomic E-state index is 0.478. The Morgan fingerprint density at radius 2 is 1.83 bits per heavy atom. The van der Waals surface area contributed by atoms with Crippen LogP contribution in [0.1, 0.15) is 55.1 Å². The molecule has 2 aromatic heterocycles. The number of rotatable bonds is 5. The largest absolute Gasteiger partial charge is 0.324 e. The third-order valence-corrected chi connectivity index (χ3v) is 4.56. The molecule has 0 aliphatic heterocycles. The van der Waals surface area contributed by atoms with Crippen LogP contribution in [0, 0.1) is 20.8 Å². The zero-order valence-electron chi connectivity index (χ0n) is 15.1. The molecule has 0 fully saturated rings. The fourth-order valence-electron chi connectivity index (χ4n) is 3.17. The van der Waals surface area contributed by atoms with Gasteiger partial charge in [-0.15, -0.1) is 0 Å². The molecule has 0 unspecified atom stereocenters. The minimum absolute atomic E-state index is 0.478. The summed E-state index contributed by atoms with van der Waals surface area (Å²) in [6, 6.07) is 6.34. The van der Waals surface area contributed by atoms with E-state index >= 15 is 0 Å². The van der Waals surface area contributed by atoms with E-state index in [0.717, 1.165) is 30.0 Å². The van der Waals surface area contributed by atoms with Crippen LogP contribution >= 0.6 is 0 Å². The highest BCUT2D eigenvalue weighted by Gasteiger charge is 2.17. The third-order valence-electron chi connectivity index (χ3n) is 4.56. The van der Waals surface area contributed by atoms with E-state index in [2.05, 4.69) is 66.3 Å². The molecule has 24 heavy (non-hydrogen) atoms. The van der Waals surface area contributed by atoms with Crippen molar-refractivity contribution < 1.29 is 0 Å². The fourth-order valence-corrected chi connectivity index (χ4v) is 3.17. The maximum atomic E-state index is 4.64. The lowest BCUT2D eigenvalue weighted by molar-refractivity contribution is 0.645. The van der Waals surface area contributed by atoms with Gasteiger partial charge in [0.15, 0.2) is 5.65 Å². The summed E-state index contributed by atoms with van der Waals surface area (Å²) in [5.41, 5.74) is 5.58. The van der Waals surface area contributed by atoms with Crippen molar-refractivity contribution in [1.29, 1.82) is 0 Å². The van der Waals surface area contributed by atoms with E-state index in [-0.39, 0.29) is 0 Å². The quantitative estimate of drug-likeness (QED) is 0.739. The molecule has 0 amide bonds. The Morgan fingerprint density at radius 3 is 2.50 bits per heavy atom. The predicted octanol–water partition coefficient (Wildman–Crippen LogP) is 4.70. The molecular formula is C19H25N5. The second-order valence-corrected chi connectivity index (χ2v) is 6.39. The van der Waals surface area contributed by atoms with Crippen LogP contribution in [-0.2, 0) is 0 Å². The average molecular weight is 323 g/mol. The molecule has 0 radical (unpaired) electrons. The molecule has 0 saturated carbocycles. The first-order valence-electron chi connectivity index (χ1n) is 8.60. The van der Waals surface area contributed by atoms with Crippen molar-refractivity contribution in [3.8, 4) is 0 Å². The Bertz CT molecular complexity index is 862. The van der Waals surface area contributed by atoms with Gasteiger partial charge in [-0.3, -0.25) is 0 Å². The van der Waals surface area contributed by atoms with Gasteiger partial charge in [-0.25, -0.2) is 4.98 Å². The lowest BCUT2D eigenvalue weighted by atomic mass is 9.96. The van der Waals surface area contributed by atoms with Gasteiger partial charge in [-0.05, 0) is 51.2 Å². The molecule has 0 aliphatic rings. The fraction of sp³-hybridized carbons (Fsp3) is 0.421. The molecule has 3 aromatic rings. The summed E-state index contributed by atoms with van der Waals surface area (Å²) in [5, 5.41) is 7.97. The van der Waals surface area contributed by atoms with E-state index in [1.54, 1.807) is 0 Å². The van der Waals surface area contributed by atoms with E-state index < -0.39 is 0 Å². The van der Waals surface area contributed by atoms with Crippen LogP contribution in [0.2, 0.25) is 0 Å². The number of hydrogen-bond acceptors (Lipinski definition) is 4. The van der Waals surface area contributed by atoms with Crippen molar-refractivity contribution in [3.63, 3.8) is 0 Å². The van der Waals surface area contributed by atoms with Gasteiger partial charge in [0.1, 0.15) is 5.82 Å². The summed E-state index contributed by atoms with van der Waals surface area (Å²) in [7, 11) is 0. The van der Waals surface area contributed by atoms with Gasteiger partial charge in [-0.1, -0.05) is 31.5 Å². The maximum Gasteiger partial charge on any atom is 0.232 e. The zero-order valence-corrected chi connectivity index (χ0v) is 15.1. The van der Waals surface area contributed by atoms with Crippen molar-refractivity contribution in [1.82, 2.24) is 19.6 Å². The van der Waals surface area contributed by atoms with E-state index in [4.69, 9.17) is 0 Å². The molecule has 0 saturated heterocycles. The molecule has 2 heterocycles. The molecule has 5 heteroatoms. The van der Waals surface area contributed by atoms with Crippen LogP contribution < -0.4 is 5.32 Å². The van der Waals surface area contributed by atoms with Gasteiger partial charge in [0.25, 0.3) is 0 Å². The number of hydrogen-bond donors (Lipinski definition) is 1. The maximum absolute atomic E-state index is 4.64. The van der Waals surface area contributed by atoms with Crippen LogP contribution in [0.25, 0.3) is 5.65 Å². The molecule has 0 spiro atoms. The van der Waals surface area contributed by atoms with Gasteiger partial charge in [0.05, 0.1) is 6.20 Å². The second-order valence-electron chi connectivity index (χ2n) is 6.39. The Labute approximate surface area is 143 Å². The highest BCUT2D eigenvalue weighted by molar-refractivity contribution is 5.62. The van der Waals surface area contributed by atoms with Crippen molar-refractivity contribution in [2.75, 3.05) is 5.32 Å². The summed E-state index contributed by atoms with van der Waals surface area (Å²) in [5.74, 6) is 1.94. The summed E-state index contributed by atoms with van der Waals surface area (Å²) in [4.78, 5) is 9.20. The number of nitrogens with zero attached hydrogens (tertiary/aromatic N) is 4. The van der Waals surface area contributed by atoms with Gasteiger partial charge in [0, 0.05) is 11.3 Å². The number of fused-ring (bicyclic) bond motifs is 1. The lowest BCUT2D eigenvalue weighted by Gasteiger charge is -2.13. The monoisotopic (exact) mass is 323 g/mol. The van der Waals surface area contributed by atoms with E-state index in [0.29, 0.717) is 11.9 Å². The predicted molar refractivity (Wildman–Crippen MR) is 98.0 cm³/mol. The number of benzene rings is 1. The molecule has 0 aliphatic carbocycles. The number of aryl methyl sites for hydroxylation is 3. The van der Waals surface area contributed by atoms with Crippen LogP contribution in [0.4, 0.5) is 11.6 Å². The summed E-state index contributed by atoms with van der Waals surface area (Å²) in [6.45, 7) is 10.5. The zero-order chi connectivity index (χ0) is 17.3.